The molecule has 0 amide bonds. The third-order valence-electron chi connectivity index (χ3n) is 8.74. The van der Waals surface area contributed by atoms with Crippen molar-refractivity contribution in [3.8, 4) is 11.5 Å². The molecule has 0 heterocycles. The van der Waals surface area contributed by atoms with Gasteiger partial charge in [0.15, 0.2) is 8.32 Å². The first-order valence-corrected chi connectivity index (χ1v) is 19.5. The van der Waals surface area contributed by atoms with Gasteiger partial charge in [-0.3, -0.25) is 0 Å². The van der Waals surface area contributed by atoms with Crippen LogP contribution in [0.3, 0.4) is 0 Å². The topological polar surface area (TPSA) is 82.1 Å². The molecule has 0 bridgehead atoms. The molecule has 7 nitrogen and oxygen atoms in total. The number of carbonyl (C=O) groups is 1. The SMILES string of the molecule is CC(C)(C)[Si](C)(C)OCCCN(C1(C(=O)OCc2ccccc2)CCCC1)S(=O)(=O)c1ccc(Oc2ccc(F)cc2)cc1. The lowest BCUT2D eigenvalue weighted by atomic mass is 9.97. The van der Waals surface area contributed by atoms with Gasteiger partial charge in [-0.05, 0) is 91.5 Å². The van der Waals surface area contributed by atoms with Crippen LogP contribution in [0.5, 0.6) is 11.5 Å². The van der Waals surface area contributed by atoms with Gasteiger partial charge in [0.05, 0.1) is 4.90 Å². The van der Waals surface area contributed by atoms with Crippen molar-refractivity contribution >= 4 is 24.3 Å². The largest absolute Gasteiger partial charge is 0.459 e. The Hall–Kier alpha value is -3.05. The van der Waals surface area contributed by atoms with E-state index in [-0.39, 0.29) is 28.9 Å². The number of halogens is 1. The van der Waals surface area contributed by atoms with Crippen molar-refractivity contribution in [1.29, 1.82) is 0 Å². The monoisotopic (exact) mass is 641 g/mol. The fourth-order valence-electron chi connectivity index (χ4n) is 5.13. The molecule has 0 N–H and O–H groups in total. The van der Waals surface area contributed by atoms with Crippen molar-refractivity contribution in [2.75, 3.05) is 13.2 Å². The molecule has 3 aromatic carbocycles. The maximum atomic E-state index is 14.4. The van der Waals surface area contributed by atoms with Gasteiger partial charge in [-0.2, -0.15) is 4.31 Å². The lowest BCUT2D eigenvalue weighted by molar-refractivity contribution is -0.156. The Labute approximate surface area is 262 Å². The third-order valence-corrected chi connectivity index (χ3v) is 15.3. The molecule has 0 unspecified atom stereocenters. The molecular weight excluding hydrogens is 598 g/mol. The smallest absolute Gasteiger partial charge is 0.327 e. The zero-order chi connectivity index (χ0) is 32.0. The maximum absolute atomic E-state index is 14.4. The number of carbonyl (C=O) groups excluding carboxylic acids is 1. The van der Waals surface area contributed by atoms with Crippen LogP contribution in [0.25, 0.3) is 0 Å². The summed E-state index contributed by atoms with van der Waals surface area (Å²) in [4.78, 5) is 13.9. The molecule has 1 saturated carbocycles. The number of hydrogen-bond donors (Lipinski definition) is 0. The summed E-state index contributed by atoms with van der Waals surface area (Å²) in [6.45, 7) is 11.4. The quantitative estimate of drug-likeness (QED) is 0.107. The Morgan fingerprint density at radius 2 is 1.48 bits per heavy atom. The molecule has 0 aromatic heterocycles. The zero-order valence-electron chi connectivity index (χ0n) is 26.3. The van der Waals surface area contributed by atoms with Crippen LogP contribution >= 0.6 is 0 Å². The van der Waals surface area contributed by atoms with E-state index in [0.29, 0.717) is 37.4 Å². The Balaban J connectivity index is 1.60. The number of esters is 1. The van der Waals surface area contributed by atoms with Crippen molar-refractivity contribution in [2.24, 2.45) is 0 Å². The van der Waals surface area contributed by atoms with Gasteiger partial charge in [-0.15, -0.1) is 0 Å². The highest BCUT2D eigenvalue weighted by Crippen LogP contribution is 2.41. The molecule has 0 saturated heterocycles. The summed E-state index contributed by atoms with van der Waals surface area (Å²) >= 11 is 0. The molecule has 1 fully saturated rings. The van der Waals surface area contributed by atoms with Crippen molar-refractivity contribution in [3.05, 3.63) is 90.2 Å². The van der Waals surface area contributed by atoms with Crippen LogP contribution < -0.4 is 4.74 Å². The molecule has 10 heteroatoms. The Morgan fingerprint density at radius 1 is 0.909 bits per heavy atom. The predicted octanol–water partition coefficient (Wildman–Crippen LogP) is 8.08. The van der Waals surface area contributed by atoms with E-state index in [4.69, 9.17) is 13.9 Å². The van der Waals surface area contributed by atoms with E-state index in [2.05, 4.69) is 33.9 Å². The number of sulfonamides is 1. The fraction of sp³-hybridized carbons (Fsp3) is 0.441. The molecule has 0 aliphatic heterocycles. The summed E-state index contributed by atoms with van der Waals surface area (Å²) in [6, 6.07) is 21.0. The molecular formula is C34H44FNO6SSi. The molecule has 4 rings (SSSR count). The molecule has 44 heavy (non-hydrogen) atoms. The van der Waals surface area contributed by atoms with Crippen LogP contribution in [0, 0.1) is 5.82 Å². The first kappa shape index (κ1) is 33.8. The van der Waals surface area contributed by atoms with Gasteiger partial charge in [0.2, 0.25) is 10.0 Å². The number of benzene rings is 3. The minimum Gasteiger partial charge on any atom is -0.459 e. The van der Waals surface area contributed by atoms with E-state index in [1.165, 1.54) is 40.7 Å². The highest BCUT2D eigenvalue weighted by atomic mass is 32.2. The van der Waals surface area contributed by atoms with Gasteiger partial charge in [0.1, 0.15) is 29.5 Å². The lowest BCUT2D eigenvalue weighted by Gasteiger charge is -2.39. The molecule has 1 aliphatic rings. The second-order valence-electron chi connectivity index (χ2n) is 12.9. The first-order valence-electron chi connectivity index (χ1n) is 15.2. The average molecular weight is 642 g/mol. The van der Waals surface area contributed by atoms with Crippen molar-refractivity contribution in [1.82, 2.24) is 4.31 Å². The van der Waals surface area contributed by atoms with Gasteiger partial charge in [-0.1, -0.05) is 63.9 Å². The minimum atomic E-state index is -4.13. The van der Waals surface area contributed by atoms with Gasteiger partial charge in [0.25, 0.3) is 0 Å². The molecule has 0 spiro atoms. The second kappa shape index (κ2) is 13.9. The van der Waals surface area contributed by atoms with Crippen LogP contribution in [0.4, 0.5) is 4.39 Å². The predicted molar refractivity (Wildman–Crippen MR) is 172 cm³/mol. The van der Waals surface area contributed by atoms with Gasteiger partial charge in [-0.25, -0.2) is 17.6 Å². The fourth-order valence-corrected chi connectivity index (χ4v) is 8.04. The molecule has 238 valence electrons. The zero-order valence-corrected chi connectivity index (χ0v) is 28.2. The number of nitrogens with zero attached hydrogens (tertiary/aromatic N) is 1. The van der Waals surface area contributed by atoms with Crippen LogP contribution in [0.2, 0.25) is 18.1 Å². The van der Waals surface area contributed by atoms with E-state index < -0.39 is 29.8 Å². The highest BCUT2D eigenvalue weighted by Gasteiger charge is 2.52. The Bertz CT molecular complexity index is 1480. The van der Waals surface area contributed by atoms with Crippen molar-refractivity contribution in [3.63, 3.8) is 0 Å². The van der Waals surface area contributed by atoms with Crippen LogP contribution in [0.1, 0.15) is 58.4 Å². The van der Waals surface area contributed by atoms with Crippen molar-refractivity contribution in [2.45, 2.75) is 88.0 Å². The maximum Gasteiger partial charge on any atom is 0.327 e. The Morgan fingerprint density at radius 3 is 2.05 bits per heavy atom. The lowest BCUT2D eigenvalue weighted by Crippen LogP contribution is -2.56. The standard InChI is InChI=1S/C34H44FNO6SSi/c1-33(2,3)44(4,5)41-25-11-24-36(34(22-9-10-23-34)32(37)40-26-27-12-7-6-8-13-27)43(38,39)31-20-18-30(19-21-31)42-29-16-14-28(35)15-17-29/h6-8,12-21H,9-11,22-26H2,1-5H3. The van der Waals surface area contributed by atoms with Crippen molar-refractivity contribution < 1.29 is 31.5 Å². The second-order valence-corrected chi connectivity index (χ2v) is 19.5. The molecule has 0 atom stereocenters. The van der Waals surface area contributed by atoms with Gasteiger partial charge >= 0.3 is 5.97 Å². The first-order chi connectivity index (χ1) is 20.7. The van der Waals surface area contributed by atoms with E-state index in [1.807, 2.05) is 30.3 Å². The summed E-state index contributed by atoms with van der Waals surface area (Å²) in [5, 5.41) is 0.0183. The summed E-state index contributed by atoms with van der Waals surface area (Å²) in [7, 11) is -6.17. The van der Waals surface area contributed by atoms with E-state index in [1.54, 1.807) is 12.1 Å². The summed E-state index contributed by atoms with van der Waals surface area (Å²) in [6.07, 6.45) is 2.64. The van der Waals surface area contributed by atoms with E-state index in [9.17, 15) is 17.6 Å². The van der Waals surface area contributed by atoms with Crippen LogP contribution in [0.15, 0.2) is 83.8 Å². The Kier molecular flexibility index (Phi) is 10.7. The average Bonchev–Trinajstić information content (AvgIpc) is 3.48. The number of hydrogen-bond acceptors (Lipinski definition) is 6. The summed E-state index contributed by atoms with van der Waals surface area (Å²) < 4.78 is 61.3. The van der Waals surface area contributed by atoms with Crippen LogP contribution in [-0.2, 0) is 30.6 Å². The summed E-state index contributed by atoms with van der Waals surface area (Å²) in [5.74, 6) is -0.0695. The summed E-state index contributed by atoms with van der Waals surface area (Å²) in [5.41, 5.74) is -0.476. The highest BCUT2D eigenvalue weighted by molar-refractivity contribution is 7.89. The minimum absolute atomic E-state index is 0.0183. The molecule has 1 aliphatic carbocycles. The van der Waals surface area contributed by atoms with Gasteiger partial charge in [0, 0.05) is 13.2 Å². The van der Waals surface area contributed by atoms with E-state index >= 15 is 0 Å². The number of ether oxygens (including phenoxy) is 2. The third kappa shape index (κ3) is 7.96. The molecule has 0 radical (unpaired) electrons. The van der Waals surface area contributed by atoms with Gasteiger partial charge < -0.3 is 13.9 Å². The number of rotatable bonds is 13. The van der Waals surface area contributed by atoms with Crippen LogP contribution in [-0.4, -0.2) is 45.7 Å². The molecule has 3 aromatic rings. The normalized spacial score (nSPS) is 15.3. The van der Waals surface area contributed by atoms with E-state index in [0.717, 1.165) is 18.4 Å².